The van der Waals surface area contributed by atoms with E-state index < -0.39 is 5.91 Å². The molecule has 160 valence electrons. The number of benzene rings is 1. The lowest BCUT2D eigenvalue weighted by atomic mass is 9.88. The fraction of sp³-hybridized carbons (Fsp3) is 0.458. The van der Waals surface area contributed by atoms with Gasteiger partial charge in [-0.05, 0) is 74.6 Å². The maximum Gasteiger partial charge on any atom is 0.267 e. The molecule has 1 amide bonds. The second kappa shape index (κ2) is 9.85. The third-order valence-corrected chi connectivity index (χ3v) is 6.01. The molecule has 1 saturated carbocycles. The molecule has 1 fully saturated rings. The van der Waals surface area contributed by atoms with Crippen molar-refractivity contribution in [3.63, 3.8) is 0 Å². The Kier molecular flexibility index (Phi) is 7.21. The summed E-state index contributed by atoms with van der Waals surface area (Å²) in [7, 11) is 0. The Balaban J connectivity index is 1.63. The van der Waals surface area contributed by atoms with Crippen molar-refractivity contribution in [1.29, 1.82) is 5.41 Å². The number of aryl methyl sites for hydroxylation is 1. The minimum atomic E-state index is -0.557. The first-order valence-electron chi connectivity index (χ1n) is 10.7. The molecule has 1 aromatic heterocycles. The topological polar surface area (TPSA) is 91.0 Å². The number of rotatable bonds is 10. The summed E-state index contributed by atoms with van der Waals surface area (Å²) in [5.41, 5.74) is 7.95. The zero-order valence-electron chi connectivity index (χ0n) is 18.1. The van der Waals surface area contributed by atoms with E-state index in [9.17, 15) is 4.79 Å². The molecule has 1 aliphatic rings. The van der Waals surface area contributed by atoms with E-state index in [1.165, 1.54) is 30.2 Å². The highest BCUT2D eigenvalue weighted by molar-refractivity contribution is 5.91. The summed E-state index contributed by atoms with van der Waals surface area (Å²) < 4.78 is 2.16. The minimum absolute atomic E-state index is 0.0888. The number of aromatic nitrogens is 2. The molecule has 1 heterocycles. The Bertz CT molecular complexity index is 923. The Morgan fingerprint density at radius 2 is 2.03 bits per heavy atom. The first-order chi connectivity index (χ1) is 14.4. The number of amides is 1. The molecule has 0 spiro atoms. The van der Waals surface area contributed by atoms with Crippen LogP contribution in [0.15, 0.2) is 30.3 Å². The predicted octanol–water partition coefficient (Wildman–Crippen LogP) is 4.57. The van der Waals surface area contributed by atoms with Crippen molar-refractivity contribution >= 4 is 17.7 Å². The van der Waals surface area contributed by atoms with Gasteiger partial charge in [-0.25, -0.2) is 5.48 Å². The van der Waals surface area contributed by atoms with E-state index in [1.54, 1.807) is 11.6 Å². The van der Waals surface area contributed by atoms with Crippen LogP contribution in [0, 0.1) is 25.2 Å². The highest BCUT2D eigenvalue weighted by Crippen LogP contribution is 2.31. The summed E-state index contributed by atoms with van der Waals surface area (Å²) in [5.74, 6) is 0.332. The van der Waals surface area contributed by atoms with E-state index in [0.717, 1.165) is 54.3 Å². The summed E-state index contributed by atoms with van der Waals surface area (Å²) in [6.45, 7) is 7.38. The van der Waals surface area contributed by atoms with Gasteiger partial charge >= 0.3 is 0 Å². The number of nitrogens with one attached hydrogen (secondary N) is 2. The van der Waals surface area contributed by atoms with Crippen LogP contribution in [0.4, 0.5) is 0 Å². The number of hydrogen-bond acceptors (Lipinski definition) is 4. The van der Waals surface area contributed by atoms with Gasteiger partial charge in [0.1, 0.15) is 0 Å². The van der Waals surface area contributed by atoms with Gasteiger partial charge in [0.2, 0.25) is 0 Å². The van der Waals surface area contributed by atoms with Gasteiger partial charge in [-0.1, -0.05) is 31.2 Å². The molecule has 6 heteroatoms. The average molecular weight is 409 g/mol. The summed E-state index contributed by atoms with van der Waals surface area (Å²) in [5, 5.41) is 22.0. The van der Waals surface area contributed by atoms with Crippen LogP contribution in [-0.4, -0.2) is 26.6 Å². The normalized spacial score (nSPS) is 14.8. The Morgan fingerprint density at radius 1 is 1.33 bits per heavy atom. The molecular weight excluding hydrogens is 376 g/mol. The monoisotopic (exact) mass is 408 g/mol. The van der Waals surface area contributed by atoms with E-state index in [2.05, 4.69) is 25.5 Å². The smallest absolute Gasteiger partial charge is 0.267 e. The van der Waals surface area contributed by atoms with Crippen molar-refractivity contribution in [3.8, 4) is 0 Å². The molecule has 1 aliphatic carbocycles. The third-order valence-electron chi connectivity index (χ3n) is 6.01. The van der Waals surface area contributed by atoms with E-state index in [-0.39, 0.29) is 5.92 Å². The van der Waals surface area contributed by atoms with Crippen molar-refractivity contribution in [2.24, 2.45) is 5.92 Å². The van der Waals surface area contributed by atoms with Crippen molar-refractivity contribution in [3.05, 3.63) is 58.4 Å². The number of carbonyl (C=O) groups is 1. The van der Waals surface area contributed by atoms with Crippen LogP contribution in [0.2, 0.25) is 0 Å². The molecule has 1 atom stereocenters. The molecule has 0 saturated heterocycles. The molecule has 2 aromatic rings. The summed E-state index contributed by atoms with van der Waals surface area (Å²) in [6.07, 6.45) is 8.02. The summed E-state index contributed by atoms with van der Waals surface area (Å²) in [6, 6.07) is 7.90. The van der Waals surface area contributed by atoms with Gasteiger partial charge in [0.15, 0.2) is 0 Å². The standard InChI is InChI=1S/C24H32N4O2/c1-4-21(20-10-7-18(8-11-20)9-14-24(29)27-30)23(25)13-12-22-16(2)26-28(17(22)3)15-19-5-6-19/h7-11,14,19,21,25,30H,4-6,12-13,15H2,1-3H3,(H,27,29)/b14-9+,25-23?/t21-/m0/s1. The number of nitrogens with zero attached hydrogens (tertiary/aromatic N) is 2. The fourth-order valence-corrected chi connectivity index (χ4v) is 3.98. The zero-order valence-corrected chi connectivity index (χ0v) is 18.1. The Hall–Kier alpha value is -2.73. The Labute approximate surface area is 178 Å². The van der Waals surface area contributed by atoms with Crippen LogP contribution >= 0.6 is 0 Å². The SMILES string of the molecule is CC[C@H](C(=N)CCc1c(C)nn(CC2CC2)c1C)c1ccc(/C=C/C(=O)NO)cc1. The van der Waals surface area contributed by atoms with Gasteiger partial charge in [-0.15, -0.1) is 0 Å². The number of hydrogen-bond donors (Lipinski definition) is 3. The molecule has 0 radical (unpaired) electrons. The molecule has 0 bridgehead atoms. The third kappa shape index (κ3) is 5.45. The quantitative estimate of drug-likeness (QED) is 0.233. The van der Waals surface area contributed by atoms with Crippen LogP contribution in [-0.2, 0) is 17.8 Å². The molecular formula is C24H32N4O2. The number of carbonyl (C=O) groups excluding carboxylic acids is 1. The molecule has 0 unspecified atom stereocenters. The zero-order chi connectivity index (χ0) is 21.7. The molecule has 6 nitrogen and oxygen atoms in total. The van der Waals surface area contributed by atoms with Gasteiger partial charge in [-0.3, -0.25) is 14.7 Å². The molecule has 3 N–H and O–H groups in total. The first-order valence-corrected chi connectivity index (χ1v) is 10.7. The fourth-order valence-electron chi connectivity index (χ4n) is 3.98. The largest absolute Gasteiger partial charge is 0.309 e. The van der Waals surface area contributed by atoms with E-state index in [1.807, 2.05) is 24.3 Å². The lowest BCUT2D eigenvalue weighted by molar-refractivity contribution is -0.124. The molecule has 0 aliphatic heterocycles. The van der Waals surface area contributed by atoms with Gasteiger partial charge in [0.25, 0.3) is 5.91 Å². The highest BCUT2D eigenvalue weighted by atomic mass is 16.5. The van der Waals surface area contributed by atoms with Crippen LogP contribution < -0.4 is 5.48 Å². The van der Waals surface area contributed by atoms with E-state index in [0.29, 0.717) is 0 Å². The van der Waals surface area contributed by atoms with Gasteiger partial charge in [0.05, 0.1) is 5.69 Å². The first kappa shape index (κ1) is 22.0. The second-order valence-electron chi connectivity index (χ2n) is 8.24. The van der Waals surface area contributed by atoms with Gasteiger partial charge in [-0.2, -0.15) is 5.10 Å². The number of hydroxylamine groups is 1. The van der Waals surface area contributed by atoms with Crippen molar-refractivity contribution in [2.45, 2.75) is 65.3 Å². The maximum absolute atomic E-state index is 11.1. The van der Waals surface area contributed by atoms with Crippen LogP contribution in [0.3, 0.4) is 0 Å². The van der Waals surface area contributed by atoms with Gasteiger partial charge in [0, 0.05) is 29.9 Å². The molecule has 3 rings (SSSR count). The van der Waals surface area contributed by atoms with Gasteiger partial charge < -0.3 is 5.41 Å². The Morgan fingerprint density at radius 3 is 2.63 bits per heavy atom. The highest BCUT2D eigenvalue weighted by Gasteiger charge is 2.24. The van der Waals surface area contributed by atoms with E-state index >= 15 is 0 Å². The second-order valence-corrected chi connectivity index (χ2v) is 8.24. The lowest BCUT2D eigenvalue weighted by Gasteiger charge is -2.17. The van der Waals surface area contributed by atoms with Crippen LogP contribution in [0.1, 0.15) is 66.6 Å². The van der Waals surface area contributed by atoms with Crippen molar-refractivity contribution in [1.82, 2.24) is 15.3 Å². The molecule has 30 heavy (non-hydrogen) atoms. The maximum atomic E-state index is 11.1. The lowest BCUT2D eigenvalue weighted by Crippen LogP contribution is -2.14. The summed E-state index contributed by atoms with van der Waals surface area (Å²) in [4.78, 5) is 11.1. The van der Waals surface area contributed by atoms with E-state index in [4.69, 9.17) is 15.7 Å². The molecule has 1 aromatic carbocycles. The van der Waals surface area contributed by atoms with Crippen LogP contribution in [0.5, 0.6) is 0 Å². The van der Waals surface area contributed by atoms with Crippen molar-refractivity contribution in [2.75, 3.05) is 0 Å². The average Bonchev–Trinajstić information content (AvgIpc) is 3.52. The minimum Gasteiger partial charge on any atom is -0.309 e. The van der Waals surface area contributed by atoms with Crippen molar-refractivity contribution < 1.29 is 10.0 Å². The predicted molar refractivity (Wildman–Crippen MR) is 119 cm³/mol. The van der Waals surface area contributed by atoms with Crippen LogP contribution in [0.25, 0.3) is 6.08 Å². The summed E-state index contributed by atoms with van der Waals surface area (Å²) >= 11 is 0.